The number of hydrogen-bond donors (Lipinski definition) is 0. The van der Waals surface area contributed by atoms with Crippen molar-refractivity contribution >= 4 is 16.6 Å². The number of benzene rings is 1. The Bertz CT molecular complexity index is 864. The van der Waals surface area contributed by atoms with Crippen LogP contribution in [-0.2, 0) is 0 Å². The van der Waals surface area contributed by atoms with E-state index >= 15 is 0 Å². The second-order valence-corrected chi connectivity index (χ2v) is 6.34. The lowest BCUT2D eigenvalue weighted by Crippen LogP contribution is -2.20. The molecule has 6 nitrogen and oxygen atoms in total. The summed E-state index contributed by atoms with van der Waals surface area (Å²) in [5.41, 5.74) is 0.683. The van der Waals surface area contributed by atoms with Gasteiger partial charge in [-0.15, -0.1) is 10.2 Å². The molecular formula is C17H17N5O. The van der Waals surface area contributed by atoms with Gasteiger partial charge in [0.2, 0.25) is 0 Å². The van der Waals surface area contributed by atoms with E-state index in [1.165, 1.54) is 12.8 Å². The lowest BCUT2D eigenvalue weighted by Gasteiger charge is -2.18. The quantitative estimate of drug-likeness (QED) is 0.740. The van der Waals surface area contributed by atoms with Gasteiger partial charge in [-0.2, -0.15) is 4.98 Å². The number of anilines is 1. The van der Waals surface area contributed by atoms with Crippen molar-refractivity contribution in [3.8, 4) is 11.6 Å². The molecule has 3 aromatic rings. The summed E-state index contributed by atoms with van der Waals surface area (Å²) in [6, 6.07) is 8.20. The second kappa shape index (κ2) is 5.01. The van der Waals surface area contributed by atoms with Crippen molar-refractivity contribution in [2.24, 2.45) is 0 Å². The molecule has 0 amide bonds. The monoisotopic (exact) mass is 307 g/mol. The van der Waals surface area contributed by atoms with E-state index in [1.54, 1.807) is 0 Å². The summed E-state index contributed by atoms with van der Waals surface area (Å²) < 4.78 is 5.45. The molecule has 1 aliphatic carbocycles. The maximum Gasteiger partial charge on any atom is 0.279 e. The molecule has 0 radical (unpaired) electrons. The van der Waals surface area contributed by atoms with Crippen LogP contribution in [0.5, 0.6) is 0 Å². The smallest absolute Gasteiger partial charge is 0.279 e. The summed E-state index contributed by atoms with van der Waals surface area (Å²) in [4.78, 5) is 6.83. The van der Waals surface area contributed by atoms with Gasteiger partial charge in [-0.3, -0.25) is 0 Å². The van der Waals surface area contributed by atoms with Gasteiger partial charge in [0.25, 0.3) is 5.89 Å². The molecule has 1 aromatic carbocycles. The van der Waals surface area contributed by atoms with Crippen molar-refractivity contribution < 1.29 is 4.52 Å². The summed E-state index contributed by atoms with van der Waals surface area (Å²) in [6.45, 7) is 2.09. The van der Waals surface area contributed by atoms with Gasteiger partial charge in [0, 0.05) is 29.8 Å². The third-order valence-electron chi connectivity index (χ3n) is 4.66. The largest absolute Gasteiger partial charge is 0.355 e. The first kappa shape index (κ1) is 13.0. The van der Waals surface area contributed by atoms with Crippen molar-refractivity contribution in [3.63, 3.8) is 0 Å². The van der Waals surface area contributed by atoms with Crippen molar-refractivity contribution in [1.29, 1.82) is 0 Å². The molecule has 0 bridgehead atoms. The molecule has 0 N–H and O–H groups in total. The Morgan fingerprint density at radius 3 is 2.57 bits per heavy atom. The van der Waals surface area contributed by atoms with Gasteiger partial charge in [0.1, 0.15) is 0 Å². The molecule has 2 aromatic heterocycles. The highest BCUT2D eigenvalue weighted by Crippen LogP contribution is 2.39. The van der Waals surface area contributed by atoms with Crippen molar-refractivity contribution in [1.82, 2.24) is 20.3 Å². The Labute approximate surface area is 133 Å². The molecule has 116 valence electrons. The van der Waals surface area contributed by atoms with Gasteiger partial charge in [0.15, 0.2) is 17.3 Å². The van der Waals surface area contributed by atoms with E-state index in [2.05, 4.69) is 37.4 Å². The molecule has 1 aliphatic heterocycles. The number of nitrogens with zero attached hydrogens (tertiary/aromatic N) is 5. The van der Waals surface area contributed by atoms with Gasteiger partial charge >= 0.3 is 0 Å². The Morgan fingerprint density at radius 2 is 1.78 bits per heavy atom. The minimum absolute atomic E-state index is 0.468. The maximum absolute atomic E-state index is 5.45. The average Bonchev–Trinajstić information content (AvgIpc) is 3.11. The normalized spacial score (nSPS) is 18.0. The number of hydrogen-bond acceptors (Lipinski definition) is 6. The molecule has 0 atom stereocenters. The van der Waals surface area contributed by atoms with E-state index in [4.69, 9.17) is 4.52 Å². The standard InChI is InChI=1S/C17H17N5O/c1-2-6-13-12(5-1)14(17-18-15(21-23-17)11-7-8-11)19-20-16(13)22-9-3-4-10-22/h1-2,5-6,11H,3-4,7-10H2. The van der Waals surface area contributed by atoms with Crippen LogP contribution in [0.3, 0.4) is 0 Å². The van der Waals surface area contributed by atoms with Crippen LogP contribution in [0, 0.1) is 0 Å². The predicted octanol–water partition coefficient (Wildman–Crippen LogP) is 3.16. The Kier molecular flexibility index (Phi) is 2.83. The minimum atomic E-state index is 0.468. The molecule has 0 spiro atoms. The average molecular weight is 307 g/mol. The van der Waals surface area contributed by atoms with Gasteiger partial charge < -0.3 is 9.42 Å². The summed E-state index contributed by atoms with van der Waals surface area (Å²) in [6.07, 6.45) is 4.73. The molecule has 5 rings (SSSR count). The highest BCUT2D eigenvalue weighted by Gasteiger charge is 2.30. The zero-order valence-electron chi connectivity index (χ0n) is 12.8. The molecule has 23 heavy (non-hydrogen) atoms. The van der Waals surface area contributed by atoms with Crippen LogP contribution < -0.4 is 4.90 Å². The van der Waals surface area contributed by atoms with Crippen LogP contribution in [0.15, 0.2) is 28.8 Å². The minimum Gasteiger partial charge on any atom is -0.355 e. The van der Waals surface area contributed by atoms with Gasteiger partial charge in [0.05, 0.1) is 0 Å². The lowest BCUT2D eigenvalue weighted by atomic mass is 10.1. The van der Waals surface area contributed by atoms with Crippen LogP contribution in [0.2, 0.25) is 0 Å². The van der Waals surface area contributed by atoms with Gasteiger partial charge in [-0.1, -0.05) is 29.4 Å². The summed E-state index contributed by atoms with van der Waals surface area (Å²) in [5, 5.41) is 15.1. The van der Waals surface area contributed by atoms with E-state index in [1.807, 2.05) is 12.1 Å². The van der Waals surface area contributed by atoms with Crippen molar-refractivity contribution in [3.05, 3.63) is 30.1 Å². The molecule has 2 fully saturated rings. The SMILES string of the molecule is c1ccc2c(N3CCCC3)nnc(-c3nc(C4CC4)no3)c2c1. The predicted molar refractivity (Wildman–Crippen MR) is 86.3 cm³/mol. The molecule has 3 heterocycles. The first-order valence-corrected chi connectivity index (χ1v) is 8.24. The highest BCUT2D eigenvalue weighted by atomic mass is 16.5. The molecular weight excluding hydrogens is 290 g/mol. The highest BCUT2D eigenvalue weighted by molar-refractivity contribution is 5.99. The molecule has 1 saturated carbocycles. The zero-order valence-corrected chi connectivity index (χ0v) is 12.8. The van der Waals surface area contributed by atoms with Crippen LogP contribution in [-0.4, -0.2) is 33.4 Å². The Balaban J connectivity index is 1.65. The van der Waals surface area contributed by atoms with E-state index in [9.17, 15) is 0 Å². The van der Waals surface area contributed by atoms with E-state index in [-0.39, 0.29) is 0 Å². The molecule has 6 heteroatoms. The first-order chi connectivity index (χ1) is 11.4. The number of fused-ring (bicyclic) bond motifs is 1. The fourth-order valence-corrected chi connectivity index (χ4v) is 3.25. The second-order valence-electron chi connectivity index (χ2n) is 6.34. The van der Waals surface area contributed by atoms with Crippen LogP contribution in [0.25, 0.3) is 22.4 Å². The molecule has 0 unspecified atom stereocenters. The molecule has 2 aliphatic rings. The summed E-state index contributed by atoms with van der Waals surface area (Å²) in [7, 11) is 0. The van der Waals surface area contributed by atoms with Gasteiger partial charge in [-0.05, 0) is 25.7 Å². The summed E-state index contributed by atoms with van der Waals surface area (Å²) >= 11 is 0. The maximum atomic E-state index is 5.45. The third kappa shape index (κ3) is 2.17. The van der Waals surface area contributed by atoms with E-state index in [0.29, 0.717) is 17.5 Å². The van der Waals surface area contributed by atoms with Gasteiger partial charge in [-0.25, -0.2) is 0 Å². The topological polar surface area (TPSA) is 67.9 Å². The fraction of sp³-hybridized carbons (Fsp3) is 0.412. The van der Waals surface area contributed by atoms with Crippen LogP contribution in [0.4, 0.5) is 5.82 Å². The van der Waals surface area contributed by atoms with E-state index < -0.39 is 0 Å². The third-order valence-corrected chi connectivity index (χ3v) is 4.66. The molecule has 1 saturated heterocycles. The Morgan fingerprint density at radius 1 is 1.00 bits per heavy atom. The Hall–Kier alpha value is -2.50. The first-order valence-electron chi connectivity index (χ1n) is 8.24. The van der Waals surface area contributed by atoms with Crippen molar-refractivity contribution in [2.75, 3.05) is 18.0 Å². The van der Waals surface area contributed by atoms with Crippen LogP contribution in [0.1, 0.15) is 37.4 Å². The van der Waals surface area contributed by atoms with Crippen molar-refractivity contribution in [2.45, 2.75) is 31.6 Å². The zero-order chi connectivity index (χ0) is 15.2. The summed E-state index contributed by atoms with van der Waals surface area (Å²) in [5.74, 6) is 2.71. The number of aromatic nitrogens is 4. The lowest BCUT2D eigenvalue weighted by molar-refractivity contribution is 0.421. The number of rotatable bonds is 3. The fourth-order valence-electron chi connectivity index (χ4n) is 3.25. The van der Waals surface area contributed by atoms with E-state index in [0.717, 1.165) is 48.3 Å². The van der Waals surface area contributed by atoms with Crippen LogP contribution >= 0.6 is 0 Å².